The lowest BCUT2D eigenvalue weighted by Gasteiger charge is -2.26. The highest BCUT2D eigenvalue weighted by molar-refractivity contribution is 14.0. The average molecular weight is 437 g/mol. The predicted octanol–water partition coefficient (Wildman–Crippen LogP) is 2.08. The van der Waals surface area contributed by atoms with Crippen molar-refractivity contribution in [1.29, 1.82) is 0 Å². The summed E-state index contributed by atoms with van der Waals surface area (Å²) in [7, 11) is 1.91. The number of halogens is 1. The molecule has 2 saturated heterocycles. The molecule has 2 heterocycles. The fraction of sp³-hybridized carbons (Fsp3) is 0.941. The number of hydrogen-bond acceptors (Lipinski definition) is 3. The van der Waals surface area contributed by atoms with Crippen LogP contribution in [0.1, 0.15) is 39.5 Å². The van der Waals surface area contributed by atoms with E-state index in [0.29, 0.717) is 0 Å². The maximum Gasteiger partial charge on any atom is 0.193 e. The quantitative estimate of drug-likeness (QED) is 0.376. The third kappa shape index (κ3) is 6.38. The first kappa shape index (κ1) is 21.0. The molecule has 6 heteroatoms. The number of hydrogen-bond donors (Lipinski definition) is 1. The zero-order valence-electron chi connectivity index (χ0n) is 15.3. The van der Waals surface area contributed by atoms with Crippen LogP contribution in [0, 0.1) is 0 Å². The summed E-state index contributed by atoms with van der Waals surface area (Å²) in [6, 6.07) is 0.744. The first-order chi connectivity index (χ1) is 10.8. The molecule has 1 N–H and O–H groups in total. The van der Waals surface area contributed by atoms with Crippen molar-refractivity contribution in [2.45, 2.75) is 45.6 Å². The number of guanidine groups is 1. The zero-order valence-corrected chi connectivity index (χ0v) is 17.6. The van der Waals surface area contributed by atoms with Crippen LogP contribution in [0.5, 0.6) is 0 Å². The van der Waals surface area contributed by atoms with Crippen LogP contribution >= 0.6 is 24.0 Å². The second-order valence-corrected chi connectivity index (χ2v) is 6.54. The van der Waals surface area contributed by atoms with Gasteiger partial charge in [0.25, 0.3) is 0 Å². The smallest absolute Gasteiger partial charge is 0.193 e. The first-order valence-electron chi connectivity index (χ1n) is 9.20. The van der Waals surface area contributed by atoms with Crippen LogP contribution < -0.4 is 5.32 Å². The molecule has 0 aliphatic carbocycles. The lowest BCUT2D eigenvalue weighted by atomic mass is 10.2. The summed E-state index contributed by atoms with van der Waals surface area (Å²) in [5.74, 6) is 1.09. The van der Waals surface area contributed by atoms with Gasteiger partial charge in [0.15, 0.2) is 5.96 Å². The van der Waals surface area contributed by atoms with Crippen molar-refractivity contribution in [3.8, 4) is 0 Å². The van der Waals surface area contributed by atoms with Gasteiger partial charge in [-0.1, -0.05) is 13.8 Å². The SMILES string of the molecule is CCCN(CC)CCNC(=NC)N1CCC(N2CCCC2)C1.I. The predicted molar refractivity (Wildman–Crippen MR) is 110 cm³/mol. The number of nitrogens with zero attached hydrogens (tertiary/aromatic N) is 4. The zero-order chi connectivity index (χ0) is 15.8. The Kier molecular flexibility index (Phi) is 10.5. The molecule has 2 aliphatic heterocycles. The van der Waals surface area contributed by atoms with Gasteiger partial charge >= 0.3 is 0 Å². The van der Waals surface area contributed by atoms with Crippen molar-refractivity contribution in [2.75, 3.05) is 59.4 Å². The highest BCUT2D eigenvalue weighted by Gasteiger charge is 2.30. The van der Waals surface area contributed by atoms with Gasteiger partial charge < -0.3 is 15.1 Å². The Morgan fingerprint density at radius 2 is 1.91 bits per heavy atom. The fourth-order valence-electron chi connectivity index (χ4n) is 3.74. The summed E-state index contributed by atoms with van der Waals surface area (Å²) in [4.78, 5) is 12.1. The van der Waals surface area contributed by atoms with Gasteiger partial charge in [0, 0.05) is 39.3 Å². The van der Waals surface area contributed by atoms with Crippen LogP contribution in [0.4, 0.5) is 0 Å². The molecule has 0 radical (unpaired) electrons. The third-order valence-corrected chi connectivity index (χ3v) is 5.03. The molecule has 2 rings (SSSR count). The normalized spacial score (nSPS) is 22.7. The van der Waals surface area contributed by atoms with Crippen LogP contribution in [-0.4, -0.2) is 86.1 Å². The van der Waals surface area contributed by atoms with Crippen LogP contribution in [0.25, 0.3) is 0 Å². The van der Waals surface area contributed by atoms with Crippen molar-refractivity contribution in [3.05, 3.63) is 0 Å². The average Bonchev–Trinajstić information content (AvgIpc) is 3.20. The molecule has 0 aromatic heterocycles. The van der Waals surface area contributed by atoms with Crippen molar-refractivity contribution in [1.82, 2.24) is 20.0 Å². The van der Waals surface area contributed by atoms with Gasteiger partial charge in [-0.25, -0.2) is 0 Å². The number of likely N-dealkylation sites (tertiary alicyclic amines) is 2. The number of rotatable bonds is 7. The maximum absolute atomic E-state index is 4.49. The first-order valence-corrected chi connectivity index (χ1v) is 9.20. The monoisotopic (exact) mass is 437 g/mol. The van der Waals surface area contributed by atoms with Gasteiger partial charge in [0.1, 0.15) is 0 Å². The van der Waals surface area contributed by atoms with E-state index in [9.17, 15) is 0 Å². The molecule has 2 fully saturated rings. The molecule has 0 amide bonds. The maximum atomic E-state index is 4.49. The van der Waals surface area contributed by atoms with E-state index in [4.69, 9.17) is 0 Å². The molecule has 5 nitrogen and oxygen atoms in total. The Morgan fingerprint density at radius 3 is 2.52 bits per heavy atom. The molecule has 0 bridgehead atoms. The van der Waals surface area contributed by atoms with Crippen molar-refractivity contribution in [3.63, 3.8) is 0 Å². The van der Waals surface area contributed by atoms with E-state index in [1.54, 1.807) is 0 Å². The van der Waals surface area contributed by atoms with E-state index < -0.39 is 0 Å². The van der Waals surface area contributed by atoms with Gasteiger partial charge in [-0.15, -0.1) is 24.0 Å². The Morgan fingerprint density at radius 1 is 1.17 bits per heavy atom. The van der Waals surface area contributed by atoms with E-state index in [1.165, 1.54) is 45.3 Å². The number of likely N-dealkylation sites (N-methyl/N-ethyl adjacent to an activating group) is 1. The minimum atomic E-state index is 0. The van der Waals surface area contributed by atoms with Crippen LogP contribution in [0.2, 0.25) is 0 Å². The van der Waals surface area contributed by atoms with Crippen LogP contribution in [-0.2, 0) is 0 Å². The second kappa shape index (κ2) is 11.5. The molecule has 0 aromatic carbocycles. The van der Waals surface area contributed by atoms with Crippen LogP contribution in [0.3, 0.4) is 0 Å². The standard InChI is InChI=1S/C17H35N5.HI/c1-4-10-20(5-2)14-9-19-17(18-3)22-13-8-16(15-22)21-11-6-7-12-21;/h16H,4-15H2,1-3H3,(H,18,19);1H. The Labute approximate surface area is 159 Å². The van der Waals surface area contributed by atoms with E-state index in [1.807, 2.05) is 7.05 Å². The number of nitrogens with one attached hydrogen (secondary N) is 1. The fourth-order valence-corrected chi connectivity index (χ4v) is 3.74. The van der Waals surface area contributed by atoms with Gasteiger partial charge in [0.2, 0.25) is 0 Å². The minimum Gasteiger partial charge on any atom is -0.355 e. The molecule has 1 unspecified atom stereocenters. The molecule has 0 spiro atoms. The summed E-state index contributed by atoms with van der Waals surface area (Å²) >= 11 is 0. The van der Waals surface area contributed by atoms with E-state index >= 15 is 0 Å². The Hall–Kier alpha value is -0.0800. The molecule has 136 valence electrons. The highest BCUT2D eigenvalue weighted by atomic mass is 127. The van der Waals surface area contributed by atoms with Crippen molar-refractivity contribution in [2.24, 2.45) is 4.99 Å². The molecule has 0 saturated carbocycles. The topological polar surface area (TPSA) is 34.1 Å². The van der Waals surface area contributed by atoms with Crippen molar-refractivity contribution >= 4 is 29.9 Å². The molecule has 0 aromatic rings. The Balaban J connectivity index is 0.00000264. The van der Waals surface area contributed by atoms with E-state index in [-0.39, 0.29) is 24.0 Å². The van der Waals surface area contributed by atoms with Crippen LogP contribution in [0.15, 0.2) is 4.99 Å². The number of aliphatic imine (C=N–C) groups is 1. The summed E-state index contributed by atoms with van der Waals surface area (Å²) in [6.45, 7) is 13.8. The lowest BCUT2D eigenvalue weighted by molar-refractivity contribution is 0.249. The largest absolute Gasteiger partial charge is 0.355 e. The molecule has 23 heavy (non-hydrogen) atoms. The summed E-state index contributed by atoms with van der Waals surface area (Å²) in [5, 5.41) is 3.56. The minimum absolute atomic E-state index is 0. The van der Waals surface area contributed by atoms with Gasteiger partial charge in [-0.3, -0.25) is 9.89 Å². The summed E-state index contributed by atoms with van der Waals surface area (Å²) in [5.41, 5.74) is 0. The molecule has 1 atom stereocenters. The van der Waals surface area contributed by atoms with E-state index in [2.05, 4.69) is 38.9 Å². The Bertz CT molecular complexity index is 344. The molecular formula is C17H36IN5. The van der Waals surface area contributed by atoms with Crippen molar-refractivity contribution < 1.29 is 0 Å². The summed E-state index contributed by atoms with van der Waals surface area (Å²) < 4.78 is 0. The summed E-state index contributed by atoms with van der Waals surface area (Å²) in [6.07, 6.45) is 5.28. The van der Waals surface area contributed by atoms with Gasteiger partial charge in [-0.2, -0.15) is 0 Å². The molecular weight excluding hydrogens is 401 g/mol. The highest BCUT2D eigenvalue weighted by Crippen LogP contribution is 2.20. The molecule has 2 aliphatic rings. The lowest BCUT2D eigenvalue weighted by Crippen LogP contribution is -2.45. The second-order valence-electron chi connectivity index (χ2n) is 6.54. The van der Waals surface area contributed by atoms with Gasteiger partial charge in [0.05, 0.1) is 0 Å². The van der Waals surface area contributed by atoms with E-state index in [0.717, 1.165) is 44.7 Å². The third-order valence-electron chi connectivity index (χ3n) is 5.03. The van der Waals surface area contributed by atoms with Gasteiger partial charge in [-0.05, 0) is 51.9 Å².